The van der Waals surface area contributed by atoms with E-state index in [0.29, 0.717) is 13.0 Å². The van der Waals surface area contributed by atoms with Gasteiger partial charge in [-0.1, -0.05) is 18.2 Å². The van der Waals surface area contributed by atoms with Gasteiger partial charge in [0.25, 0.3) is 0 Å². The molecule has 3 rings (SSSR count). The molecule has 0 bridgehead atoms. The number of fused-ring (bicyclic) bond motifs is 1. The molecule has 4 nitrogen and oxygen atoms in total. The molecule has 0 aromatic heterocycles. The molecule has 2 atom stereocenters. The van der Waals surface area contributed by atoms with Crippen LogP contribution in [0.3, 0.4) is 0 Å². The van der Waals surface area contributed by atoms with E-state index in [-0.39, 0.29) is 11.9 Å². The number of hydrogen-bond acceptors (Lipinski definition) is 3. The number of benzene rings is 2. The maximum atomic E-state index is 13.0. The van der Waals surface area contributed by atoms with Crippen LogP contribution in [-0.2, 0) is 13.0 Å². The maximum Gasteiger partial charge on any atom is 0.123 e. The van der Waals surface area contributed by atoms with Crippen molar-refractivity contribution in [2.24, 2.45) is 10.7 Å². The second-order valence-electron chi connectivity index (χ2n) is 6.32. The Morgan fingerprint density at radius 2 is 2.00 bits per heavy atom. The van der Waals surface area contributed by atoms with Gasteiger partial charge in [0.05, 0.1) is 17.8 Å². The first kappa shape index (κ1) is 16.6. The molecule has 5 heteroatoms. The molecule has 0 spiro atoms. The summed E-state index contributed by atoms with van der Waals surface area (Å²) < 4.78 is 13.0. The second-order valence-corrected chi connectivity index (χ2v) is 6.32. The summed E-state index contributed by atoms with van der Waals surface area (Å²) in [4.78, 5) is 6.65. The third-order valence-electron chi connectivity index (χ3n) is 4.51. The van der Waals surface area contributed by atoms with Crippen LogP contribution in [0.2, 0.25) is 0 Å². The summed E-state index contributed by atoms with van der Waals surface area (Å²) in [6, 6.07) is 12.0. The van der Waals surface area contributed by atoms with Gasteiger partial charge in [0, 0.05) is 20.0 Å². The normalized spacial score (nSPS) is 20.1. The maximum absolute atomic E-state index is 13.0. The Morgan fingerprint density at radius 3 is 2.71 bits per heavy atom. The Balaban J connectivity index is 1.75. The van der Waals surface area contributed by atoms with Crippen LogP contribution in [0.4, 0.5) is 10.1 Å². The highest BCUT2D eigenvalue weighted by Gasteiger charge is 2.27. The lowest BCUT2D eigenvalue weighted by molar-refractivity contribution is 0.158. The van der Waals surface area contributed by atoms with Crippen LogP contribution in [0.1, 0.15) is 29.7 Å². The topological polar surface area (TPSA) is 61.9 Å². The fourth-order valence-corrected chi connectivity index (χ4v) is 2.96. The van der Waals surface area contributed by atoms with E-state index in [2.05, 4.69) is 4.99 Å². The molecule has 3 N–H and O–H groups in total. The molecule has 0 saturated heterocycles. The minimum Gasteiger partial charge on any atom is -0.391 e. The number of aliphatic hydroxyl groups excluding tert-OH is 1. The summed E-state index contributed by atoms with van der Waals surface area (Å²) >= 11 is 0. The highest BCUT2D eigenvalue weighted by Crippen LogP contribution is 2.32. The first-order valence-corrected chi connectivity index (χ1v) is 8.01. The van der Waals surface area contributed by atoms with Gasteiger partial charge < -0.3 is 15.7 Å². The van der Waals surface area contributed by atoms with E-state index in [1.807, 2.05) is 37.1 Å². The Bertz CT molecular complexity index is 758. The minimum absolute atomic E-state index is 0.233. The Kier molecular flexibility index (Phi) is 4.64. The summed E-state index contributed by atoms with van der Waals surface area (Å²) in [5.74, 6) is 0.620. The number of aliphatic hydroxyl groups is 1. The highest BCUT2D eigenvalue weighted by molar-refractivity contribution is 5.82. The Labute approximate surface area is 141 Å². The molecule has 1 aliphatic rings. The van der Waals surface area contributed by atoms with Gasteiger partial charge in [-0.25, -0.2) is 9.38 Å². The molecule has 2 aromatic rings. The number of aliphatic imine (C=N–C) groups is 1. The summed E-state index contributed by atoms with van der Waals surface area (Å²) in [6.07, 6.45) is 0.0886. The van der Waals surface area contributed by atoms with Gasteiger partial charge in [0.2, 0.25) is 0 Å². The van der Waals surface area contributed by atoms with Crippen LogP contribution in [0.5, 0.6) is 0 Å². The third-order valence-corrected chi connectivity index (χ3v) is 4.51. The molecule has 0 radical (unpaired) electrons. The number of halogens is 1. The fraction of sp³-hybridized carbons (Fsp3) is 0.316. The number of nitrogens with two attached hydrogens (primary N) is 1. The van der Waals surface area contributed by atoms with E-state index < -0.39 is 6.10 Å². The second kappa shape index (κ2) is 6.71. The number of rotatable bonds is 3. The van der Waals surface area contributed by atoms with Crippen molar-refractivity contribution in [3.63, 3.8) is 0 Å². The lowest BCUT2D eigenvalue weighted by Gasteiger charge is -2.19. The van der Waals surface area contributed by atoms with Gasteiger partial charge in [0.15, 0.2) is 0 Å². The van der Waals surface area contributed by atoms with Gasteiger partial charge in [-0.2, -0.15) is 0 Å². The first-order chi connectivity index (χ1) is 11.4. The van der Waals surface area contributed by atoms with Crippen molar-refractivity contribution in [3.8, 4) is 0 Å². The molecule has 126 valence electrons. The zero-order valence-corrected chi connectivity index (χ0v) is 13.9. The lowest BCUT2D eigenvalue weighted by Crippen LogP contribution is -2.23. The number of nitrogens with zero attached hydrogens (tertiary/aromatic N) is 2. The van der Waals surface area contributed by atoms with Crippen LogP contribution < -0.4 is 5.73 Å². The molecule has 2 aromatic carbocycles. The zero-order chi connectivity index (χ0) is 17.3. The summed E-state index contributed by atoms with van der Waals surface area (Å²) in [6.45, 7) is 2.59. The van der Waals surface area contributed by atoms with Crippen molar-refractivity contribution in [1.82, 2.24) is 4.90 Å². The molecule has 0 heterocycles. The standard InChI is InChI=1S/C19H22FN3O/c1-12(23(2)11-13-3-6-15(20)7-4-13)22-16-8-5-14-9-18(24)19(21)17(14)10-16/h3-8,10,18-19,24H,9,11,21H2,1-2H3/t18-,19-/m1/s1. The van der Waals surface area contributed by atoms with E-state index in [1.54, 1.807) is 12.1 Å². The number of amidine groups is 1. The first-order valence-electron chi connectivity index (χ1n) is 8.01. The largest absolute Gasteiger partial charge is 0.391 e. The van der Waals surface area contributed by atoms with E-state index in [1.165, 1.54) is 12.1 Å². The van der Waals surface area contributed by atoms with Gasteiger partial charge in [-0.15, -0.1) is 0 Å². The molecular weight excluding hydrogens is 305 g/mol. The predicted octanol–water partition coefficient (Wildman–Crippen LogP) is 2.92. The van der Waals surface area contributed by atoms with Crippen molar-refractivity contribution in [1.29, 1.82) is 0 Å². The van der Waals surface area contributed by atoms with Gasteiger partial charge >= 0.3 is 0 Å². The van der Waals surface area contributed by atoms with Crippen molar-refractivity contribution < 1.29 is 9.50 Å². The van der Waals surface area contributed by atoms with Crippen molar-refractivity contribution >= 4 is 11.5 Å². The van der Waals surface area contributed by atoms with E-state index in [0.717, 1.165) is 28.2 Å². The van der Waals surface area contributed by atoms with Gasteiger partial charge in [0.1, 0.15) is 11.7 Å². The van der Waals surface area contributed by atoms with E-state index >= 15 is 0 Å². The van der Waals surface area contributed by atoms with Crippen molar-refractivity contribution in [3.05, 3.63) is 65.0 Å². The quantitative estimate of drug-likeness (QED) is 0.673. The summed E-state index contributed by atoms with van der Waals surface area (Å²) in [7, 11) is 1.95. The molecule has 0 fully saturated rings. The predicted molar refractivity (Wildman–Crippen MR) is 93.7 cm³/mol. The van der Waals surface area contributed by atoms with Crippen LogP contribution in [-0.4, -0.2) is 29.0 Å². The van der Waals surface area contributed by atoms with Crippen LogP contribution in [0, 0.1) is 5.82 Å². The molecule has 24 heavy (non-hydrogen) atoms. The highest BCUT2D eigenvalue weighted by atomic mass is 19.1. The lowest BCUT2D eigenvalue weighted by atomic mass is 10.1. The summed E-state index contributed by atoms with van der Waals surface area (Å²) in [5.41, 5.74) is 9.93. The average molecular weight is 327 g/mol. The van der Waals surface area contributed by atoms with E-state index in [9.17, 15) is 9.50 Å². The molecule has 0 unspecified atom stereocenters. The SMILES string of the molecule is CC(=Nc1ccc2c(c1)[C@@H](N)[C@H](O)C2)N(C)Cc1ccc(F)cc1. The van der Waals surface area contributed by atoms with Gasteiger partial charge in [-0.05, 0) is 47.9 Å². The van der Waals surface area contributed by atoms with Gasteiger partial charge in [-0.3, -0.25) is 0 Å². The zero-order valence-electron chi connectivity index (χ0n) is 13.9. The van der Waals surface area contributed by atoms with Crippen LogP contribution in [0.15, 0.2) is 47.5 Å². The van der Waals surface area contributed by atoms with E-state index in [4.69, 9.17) is 5.73 Å². The monoisotopic (exact) mass is 327 g/mol. The summed E-state index contributed by atoms with van der Waals surface area (Å²) in [5, 5.41) is 9.87. The Morgan fingerprint density at radius 1 is 1.29 bits per heavy atom. The third kappa shape index (κ3) is 3.47. The molecular formula is C19H22FN3O. The molecule has 0 amide bonds. The molecule has 0 aliphatic heterocycles. The van der Waals surface area contributed by atoms with Crippen LogP contribution in [0.25, 0.3) is 0 Å². The molecule has 0 saturated carbocycles. The fourth-order valence-electron chi connectivity index (χ4n) is 2.96. The smallest absolute Gasteiger partial charge is 0.123 e. The molecule has 1 aliphatic carbocycles. The van der Waals surface area contributed by atoms with Crippen LogP contribution >= 0.6 is 0 Å². The van der Waals surface area contributed by atoms with Crippen molar-refractivity contribution in [2.75, 3.05) is 7.05 Å². The Hall–Kier alpha value is -2.24. The van der Waals surface area contributed by atoms with Crippen molar-refractivity contribution in [2.45, 2.75) is 32.0 Å². The number of hydrogen-bond donors (Lipinski definition) is 2. The minimum atomic E-state index is -0.513. The average Bonchev–Trinajstić information content (AvgIpc) is 2.84.